The average molecular weight is 572 g/mol. The van der Waals surface area contributed by atoms with Crippen LogP contribution in [0.5, 0.6) is 0 Å². The van der Waals surface area contributed by atoms with Crippen LogP contribution >= 0.6 is 0 Å². The minimum atomic E-state index is -0.313. The molecule has 4 N–H and O–H groups in total. The summed E-state index contributed by atoms with van der Waals surface area (Å²) in [7, 11) is 0. The van der Waals surface area contributed by atoms with Gasteiger partial charge in [0.15, 0.2) is 0 Å². The molecule has 0 aliphatic carbocycles. The Morgan fingerprint density at radius 3 is 2.24 bits per heavy atom. The molecular weight excluding hydrogens is 514 g/mol. The van der Waals surface area contributed by atoms with Gasteiger partial charge in [-0.2, -0.15) is 0 Å². The first-order valence-electron chi connectivity index (χ1n) is 15.3. The van der Waals surface area contributed by atoms with Crippen molar-refractivity contribution in [2.75, 3.05) is 18.0 Å². The summed E-state index contributed by atoms with van der Waals surface area (Å²) in [5.74, 6) is 1.68. The lowest BCUT2D eigenvalue weighted by Gasteiger charge is -2.38. The van der Waals surface area contributed by atoms with E-state index in [0.717, 1.165) is 59.0 Å². The zero-order valence-corrected chi connectivity index (χ0v) is 27.7. The van der Waals surface area contributed by atoms with Crippen LogP contribution in [0.15, 0.2) is 109 Å². The van der Waals surface area contributed by atoms with Crippen LogP contribution in [0.1, 0.15) is 86.6 Å². The summed E-state index contributed by atoms with van der Waals surface area (Å²) in [6, 6.07) is 4.12. The van der Waals surface area contributed by atoms with E-state index in [2.05, 4.69) is 98.8 Å². The zero-order chi connectivity index (χ0) is 31.9. The van der Waals surface area contributed by atoms with Crippen LogP contribution in [0.25, 0.3) is 5.70 Å². The fourth-order valence-electron chi connectivity index (χ4n) is 5.29. The van der Waals surface area contributed by atoms with Gasteiger partial charge >= 0.3 is 0 Å². The molecule has 1 aliphatic rings. The van der Waals surface area contributed by atoms with Gasteiger partial charge < -0.3 is 21.3 Å². The Morgan fingerprint density at radius 2 is 1.69 bits per heavy atom. The average Bonchev–Trinajstić information content (AvgIpc) is 2.99. The molecule has 1 aliphatic heterocycles. The third-order valence-corrected chi connectivity index (χ3v) is 7.45. The number of rotatable bonds is 14. The van der Waals surface area contributed by atoms with E-state index in [4.69, 9.17) is 5.73 Å². The van der Waals surface area contributed by atoms with Gasteiger partial charge in [-0.25, -0.2) is 4.98 Å². The van der Waals surface area contributed by atoms with Crippen molar-refractivity contribution in [2.45, 2.75) is 86.6 Å². The fourth-order valence-corrected chi connectivity index (χ4v) is 5.29. The molecule has 2 heterocycles. The molecule has 230 valence electrons. The first-order valence-corrected chi connectivity index (χ1v) is 15.3. The van der Waals surface area contributed by atoms with E-state index in [1.54, 1.807) is 6.08 Å². The Morgan fingerprint density at radius 1 is 1.05 bits per heavy atom. The minimum Gasteiger partial charge on any atom is -0.386 e. The Balaban J connectivity index is 0.00000431. The third-order valence-electron chi connectivity index (χ3n) is 7.45. The molecule has 42 heavy (non-hydrogen) atoms. The highest BCUT2D eigenvalue weighted by Gasteiger charge is 2.32. The first-order chi connectivity index (χ1) is 19.9. The second kappa shape index (κ2) is 17.3. The summed E-state index contributed by atoms with van der Waals surface area (Å²) >= 11 is 0. The quantitative estimate of drug-likeness (QED) is 0.154. The molecule has 1 unspecified atom stereocenters. The second-order valence-electron chi connectivity index (χ2n) is 11.5. The molecule has 5 nitrogen and oxygen atoms in total. The zero-order valence-electron chi connectivity index (χ0n) is 27.7. The number of piperidine rings is 1. The molecule has 0 bridgehead atoms. The largest absolute Gasteiger partial charge is 0.386 e. The van der Waals surface area contributed by atoms with Crippen LogP contribution in [0, 0.1) is 5.41 Å². The lowest BCUT2D eigenvalue weighted by molar-refractivity contribution is 0.302. The molecule has 0 amide bonds. The predicted molar refractivity (Wildman–Crippen MR) is 187 cm³/mol. The number of anilines is 1. The van der Waals surface area contributed by atoms with Crippen LogP contribution in [0.2, 0.25) is 0 Å². The van der Waals surface area contributed by atoms with E-state index in [-0.39, 0.29) is 11.0 Å². The minimum absolute atomic E-state index is 0.250. The Bertz CT molecular complexity index is 1200. The number of hydrogen-bond acceptors (Lipinski definition) is 5. The molecule has 0 aromatic carbocycles. The summed E-state index contributed by atoms with van der Waals surface area (Å²) in [5, 5.41) is 6.91. The van der Waals surface area contributed by atoms with E-state index in [0.29, 0.717) is 5.82 Å². The maximum Gasteiger partial charge on any atom is 0.129 e. The molecule has 2 rings (SSSR count). The summed E-state index contributed by atoms with van der Waals surface area (Å²) < 4.78 is 0. The SMILES string of the molecule is C=CC(=C)C(=C\C(=C/C)C(C)(C=C)CC(C)(C)N/C(N)=C/C)/C=C(\C)NC(=C)c1ccnc(N2CCCCC2)c1.CC. The molecule has 0 spiro atoms. The highest BCUT2D eigenvalue weighted by atomic mass is 15.2. The van der Waals surface area contributed by atoms with Gasteiger partial charge in [0.1, 0.15) is 5.82 Å². The number of aromatic nitrogens is 1. The van der Waals surface area contributed by atoms with E-state index in [9.17, 15) is 0 Å². The van der Waals surface area contributed by atoms with Gasteiger partial charge in [-0.15, -0.1) is 6.58 Å². The van der Waals surface area contributed by atoms with Crippen molar-refractivity contribution in [3.63, 3.8) is 0 Å². The second-order valence-corrected chi connectivity index (χ2v) is 11.5. The van der Waals surface area contributed by atoms with Crippen molar-refractivity contribution in [1.82, 2.24) is 15.6 Å². The molecule has 1 aromatic heterocycles. The van der Waals surface area contributed by atoms with Gasteiger partial charge in [-0.05, 0) is 101 Å². The van der Waals surface area contributed by atoms with Crippen molar-refractivity contribution >= 4 is 11.5 Å². The Hall–Kier alpha value is -3.73. The number of nitrogens with two attached hydrogens (primary N) is 1. The van der Waals surface area contributed by atoms with Crippen LogP contribution in [-0.4, -0.2) is 23.6 Å². The summed E-state index contributed by atoms with van der Waals surface area (Å²) in [6.45, 7) is 35.4. The lowest BCUT2D eigenvalue weighted by Crippen LogP contribution is -2.44. The maximum atomic E-state index is 6.10. The van der Waals surface area contributed by atoms with Gasteiger partial charge in [-0.1, -0.05) is 64.8 Å². The molecule has 1 atom stereocenters. The smallest absolute Gasteiger partial charge is 0.129 e. The standard InChI is InChI=1S/C35H51N5.C2H6/c1-11-26(5)30(23-31(12-2)35(10,14-4)25-34(8,9)39-32(36)13-3)22-27(6)38-28(7)29-18-19-37-33(24-29)40-20-16-15-17-21-40;1-2/h11-14,18-19,22-24,38-39H,1,4-5,7,15-17,20-21,25,36H2,2-3,6,8-10H3;1-2H3/b27-22+,30-23-,31-12+,32-13+;. The number of hydrogen-bond donors (Lipinski definition) is 3. The molecule has 0 saturated carbocycles. The molecule has 1 aromatic rings. The normalized spacial score (nSPS) is 16.4. The van der Waals surface area contributed by atoms with Crippen molar-refractivity contribution in [3.05, 3.63) is 115 Å². The molecular formula is C37H57N5. The summed E-state index contributed by atoms with van der Waals surface area (Å²) in [4.78, 5) is 6.97. The Kier molecular flexibility index (Phi) is 14.9. The van der Waals surface area contributed by atoms with E-state index >= 15 is 0 Å². The summed E-state index contributed by atoms with van der Waals surface area (Å²) in [5.41, 5.74) is 11.3. The molecule has 0 radical (unpaired) electrons. The third kappa shape index (κ3) is 10.9. The van der Waals surface area contributed by atoms with E-state index < -0.39 is 0 Å². The van der Waals surface area contributed by atoms with Crippen LogP contribution in [0.3, 0.4) is 0 Å². The fraction of sp³-hybridized carbons (Fsp3) is 0.432. The number of nitrogens with zero attached hydrogens (tertiary/aromatic N) is 2. The summed E-state index contributed by atoms with van der Waals surface area (Å²) in [6.07, 6.45) is 18.5. The van der Waals surface area contributed by atoms with Gasteiger partial charge in [0.2, 0.25) is 0 Å². The monoisotopic (exact) mass is 571 g/mol. The van der Waals surface area contributed by atoms with Crippen LogP contribution in [-0.2, 0) is 0 Å². The highest BCUT2D eigenvalue weighted by Crippen LogP contribution is 2.39. The molecule has 5 heteroatoms. The van der Waals surface area contributed by atoms with Crippen molar-refractivity contribution in [1.29, 1.82) is 0 Å². The van der Waals surface area contributed by atoms with Gasteiger partial charge in [0, 0.05) is 47.2 Å². The van der Waals surface area contributed by atoms with Crippen LogP contribution < -0.4 is 21.3 Å². The Labute approximate surface area is 257 Å². The van der Waals surface area contributed by atoms with Crippen LogP contribution in [0.4, 0.5) is 5.82 Å². The number of nitrogens with one attached hydrogen (secondary N) is 2. The van der Waals surface area contributed by atoms with Gasteiger partial charge in [0.25, 0.3) is 0 Å². The van der Waals surface area contributed by atoms with Crippen molar-refractivity contribution in [2.24, 2.45) is 11.1 Å². The van der Waals surface area contributed by atoms with E-state index in [1.807, 2.05) is 52.1 Å². The molecule has 1 fully saturated rings. The number of pyridine rings is 1. The molecule has 1 saturated heterocycles. The predicted octanol–water partition coefficient (Wildman–Crippen LogP) is 8.95. The van der Waals surface area contributed by atoms with Gasteiger partial charge in [-0.3, -0.25) is 0 Å². The topological polar surface area (TPSA) is 66.2 Å². The number of allylic oxidation sites excluding steroid dienone is 10. The first kappa shape index (κ1) is 36.3. The van der Waals surface area contributed by atoms with E-state index in [1.165, 1.54) is 19.3 Å². The van der Waals surface area contributed by atoms with Crippen molar-refractivity contribution in [3.8, 4) is 0 Å². The van der Waals surface area contributed by atoms with Gasteiger partial charge in [0.05, 0.1) is 5.82 Å². The maximum absolute atomic E-state index is 6.10. The lowest BCUT2D eigenvalue weighted by atomic mass is 9.72. The highest BCUT2D eigenvalue weighted by molar-refractivity contribution is 5.66. The van der Waals surface area contributed by atoms with Crippen molar-refractivity contribution < 1.29 is 0 Å².